The molecule has 2 rings (SSSR count). The predicted molar refractivity (Wildman–Crippen MR) is 70.6 cm³/mol. The van der Waals surface area contributed by atoms with Crippen molar-refractivity contribution in [3.63, 3.8) is 0 Å². The maximum atomic E-state index is 12.0. The number of benzene rings is 1. The number of aromatic hydroxyl groups is 3. The maximum Gasteiger partial charge on any atom is 0.338 e. The summed E-state index contributed by atoms with van der Waals surface area (Å²) in [6, 6.07) is 1.62. The molecule has 1 saturated heterocycles. The van der Waals surface area contributed by atoms with Crippen LogP contribution in [-0.2, 0) is 9.47 Å². The Morgan fingerprint density at radius 1 is 1.09 bits per heavy atom. The SMILES string of the molecule is O=C(O[C@H]1[C@H](O)[C@@H](O)[C@@H](O)O[C@@H]1CO)c1cc(O)c(O)c(O)c1. The molecule has 1 aromatic carbocycles. The van der Waals surface area contributed by atoms with Gasteiger partial charge in [0.05, 0.1) is 12.2 Å². The zero-order chi connectivity index (χ0) is 17.3. The molecule has 0 bridgehead atoms. The molecule has 0 radical (unpaired) electrons. The molecule has 0 saturated carbocycles. The van der Waals surface area contributed by atoms with Gasteiger partial charge in [0.25, 0.3) is 0 Å². The molecule has 1 aliphatic rings. The maximum absolute atomic E-state index is 12.0. The zero-order valence-electron chi connectivity index (χ0n) is 11.6. The molecule has 0 amide bonds. The molecule has 10 nitrogen and oxygen atoms in total. The van der Waals surface area contributed by atoms with Gasteiger partial charge in [-0.1, -0.05) is 0 Å². The van der Waals surface area contributed by atoms with Crippen LogP contribution in [0.1, 0.15) is 10.4 Å². The molecule has 1 fully saturated rings. The molecular formula is C13H16O10. The lowest BCUT2D eigenvalue weighted by Gasteiger charge is -2.39. The first-order valence-corrected chi connectivity index (χ1v) is 6.52. The van der Waals surface area contributed by atoms with Crippen LogP contribution in [0, 0.1) is 0 Å². The lowest BCUT2D eigenvalue weighted by Crippen LogP contribution is -2.59. The molecule has 1 heterocycles. The fraction of sp³-hybridized carbons (Fsp3) is 0.462. The number of hydrogen-bond donors (Lipinski definition) is 7. The lowest BCUT2D eigenvalue weighted by atomic mass is 9.99. The Morgan fingerprint density at radius 2 is 1.65 bits per heavy atom. The summed E-state index contributed by atoms with van der Waals surface area (Å²) >= 11 is 0. The summed E-state index contributed by atoms with van der Waals surface area (Å²) in [5.74, 6) is -3.50. The number of ether oxygens (including phenoxy) is 2. The van der Waals surface area contributed by atoms with Crippen LogP contribution in [0.2, 0.25) is 0 Å². The zero-order valence-corrected chi connectivity index (χ0v) is 11.6. The largest absolute Gasteiger partial charge is 0.504 e. The standard InChI is InChI=1S/C13H16O10/c14-3-7-11(9(18)10(19)13(21)22-7)23-12(20)4-1-5(15)8(17)6(16)2-4/h1-2,7,9-11,13-19,21H,3H2/t7-,9-,10-,11-,13+/m1/s1. The van der Waals surface area contributed by atoms with Gasteiger partial charge in [0, 0.05) is 0 Å². The van der Waals surface area contributed by atoms with Gasteiger partial charge in [-0.25, -0.2) is 4.79 Å². The van der Waals surface area contributed by atoms with Gasteiger partial charge in [-0.05, 0) is 12.1 Å². The van der Waals surface area contributed by atoms with Crippen molar-refractivity contribution in [1.29, 1.82) is 0 Å². The van der Waals surface area contributed by atoms with E-state index in [0.717, 1.165) is 12.1 Å². The van der Waals surface area contributed by atoms with Crippen LogP contribution in [0.15, 0.2) is 12.1 Å². The van der Waals surface area contributed by atoms with Crippen molar-refractivity contribution in [3.05, 3.63) is 17.7 Å². The number of aliphatic hydroxyl groups excluding tert-OH is 4. The predicted octanol–water partition coefficient (Wildman–Crippen LogP) is -2.24. The van der Waals surface area contributed by atoms with Gasteiger partial charge in [0.15, 0.2) is 29.6 Å². The number of aliphatic hydroxyl groups is 4. The second-order valence-electron chi connectivity index (χ2n) is 4.96. The lowest BCUT2D eigenvalue weighted by molar-refractivity contribution is -0.285. The number of phenols is 3. The Morgan fingerprint density at radius 3 is 2.17 bits per heavy atom. The van der Waals surface area contributed by atoms with E-state index in [4.69, 9.17) is 14.6 Å². The summed E-state index contributed by atoms with van der Waals surface area (Å²) in [5.41, 5.74) is -0.359. The van der Waals surface area contributed by atoms with Crippen LogP contribution < -0.4 is 0 Å². The van der Waals surface area contributed by atoms with Crippen molar-refractivity contribution < 1.29 is 50.0 Å². The summed E-state index contributed by atoms with van der Waals surface area (Å²) in [7, 11) is 0. The molecule has 23 heavy (non-hydrogen) atoms. The highest BCUT2D eigenvalue weighted by atomic mass is 16.7. The Bertz CT molecular complexity index is 563. The summed E-state index contributed by atoms with van der Waals surface area (Å²) in [4.78, 5) is 12.0. The van der Waals surface area contributed by atoms with Gasteiger partial charge < -0.3 is 45.2 Å². The Hall–Kier alpha value is -2.11. The van der Waals surface area contributed by atoms with Crippen molar-refractivity contribution in [2.24, 2.45) is 0 Å². The van der Waals surface area contributed by atoms with E-state index >= 15 is 0 Å². The van der Waals surface area contributed by atoms with Crippen LogP contribution in [0.4, 0.5) is 0 Å². The summed E-state index contributed by atoms with van der Waals surface area (Å²) in [6.07, 6.45) is -8.08. The van der Waals surface area contributed by atoms with Crippen LogP contribution in [0.3, 0.4) is 0 Å². The van der Waals surface area contributed by atoms with Gasteiger partial charge in [-0.3, -0.25) is 0 Å². The van der Waals surface area contributed by atoms with Crippen LogP contribution >= 0.6 is 0 Å². The van der Waals surface area contributed by atoms with Crippen molar-refractivity contribution in [1.82, 2.24) is 0 Å². The molecule has 7 N–H and O–H groups in total. The quantitative estimate of drug-likeness (QED) is 0.236. The van der Waals surface area contributed by atoms with Gasteiger partial charge in [0.1, 0.15) is 18.3 Å². The number of carbonyl (C=O) groups excluding carboxylic acids is 1. The second kappa shape index (κ2) is 6.56. The monoisotopic (exact) mass is 332 g/mol. The molecule has 5 atom stereocenters. The van der Waals surface area contributed by atoms with Crippen LogP contribution in [0.25, 0.3) is 0 Å². The van der Waals surface area contributed by atoms with Gasteiger partial charge in [-0.2, -0.15) is 0 Å². The molecule has 0 aliphatic carbocycles. The minimum atomic E-state index is -1.77. The van der Waals surface area contributed by atoms with E-state index in [9.17, 15) is 35.4 Å². The first kappa shape index (κ1) is 17.2. The number of rotatable bonds is 3. The smallest absolute Gasteiger partial charge is 0.338 e. The molecule has 0 spiro atoms. The minimum Gasteiger partial charge on any atom is -0.504 e. The Kier molecular flexibility index (Phi) is 4.92. The third-order valence-electron chi connectivity index (χ3n) is 3.39. The minimum absolute atomic E-state index is 0.359. The van der Waals surface area contributed by atoms with Crippen LogP contribution in [0.5, 0.6) is 17.2 Å². The average molecular weight is 332 g/mol. The average Bonchev–Trinajstić information content (AvgIpc) is 2.52. The number of phenolic OH excluding ortho intramolecular Hbond substituents is 3. The van der Waals surface area contributed by atoms with Crippen LogP contribution in [-0.4, -0.2) is 79.0 Å². The van der Waals surface area contributed by atoms with Crippen molar-refractivity contribution in [2.75, 3.05) is 6.61 Å². The first-order valence-electron chi connectivity index (χ1n) is 6.52. The first-order chi connectivity index (χ1) is 10.8. The fourth-order valence-corrected chi connectivity index (χ4v) is 2.13. The van der Waals surface area contributed by atoms with E-state index < -0.39 is 60.5 Å². The summed E-state index contributed by atoms with van der Waals surface area (Å²) < 4.78 is 9.73. The highest BCUT2D eigenvalue weighted by Gasteiger charge is 2.46. The Labute approximate surface area is 129 Å². The van der Waals surface area contributed by atoms with E-state index in [1.54, 1.807) is 0 Å². The molecule has 1 aromatic rings. The molecule has 1 aliphatic heterocycles. The highest BCUT2D eigenvalue weighted by Crippen LogP contribution is 2.36. The normalized spacial score (nSPS) is 30.9. The highest BCUT2D eigenvalue weighted by molar-refractivity contribution is 5.91. The van der Waals surface area contributed by atoms with Gasteiger partial charge in [-0.15, -0.1) is 0 Å². The molecule has 128 valence electrons. The second-order valence-corrected chi connectivity index (χ2v) is 4.96. The van der Waals surface area contributed by atoms with E-state index in [1.807, 2.05) is 0 Å². The third kappa shape index (κ3) is 3.30. The molecule has 0 aromatic heterocycles. The topological polar surface area (TPSA) is 177 Å². The van der Waals surface area contributed by atoms with Crippen molar-refractivity contribution in [3.8, 4) is 17.2 Å². The van der Waals surface area contributed by atoms with Crippen molar-refractivity contribution in [2.45, 2.75) is 30.7 Å². The van der Waals surface area contributed by atoms with E-state index in [2.05, 4.69) is 0 Å². The van der Waals surface area contributed by atoms with Crippen molar-refractivity contribution >= 4 is 5.97 Å². The summed E-state index contributed by atoms with van der Waals surface area (Å²) in [5, 5.41) is 65.8. The van der Waals surface area contributed by atoms with Gasteiger partial charge >= 0.3 is 5.97 Å². The van der Waals surface area contributed by atoms with Gasteiger partial charge in [0.2, 0.25) is 0 Å². The Balaban J connectivity index is 2.21. The summed E-state index contributed by atoms with van der Waals surface area (Å²) in [6.45, 7) is -0.717. The van der Waals surface area contributed by atoms with E-state index in [0.29, 0.717) is 0 Å². The molecule has 10 heteroatoms. The number of hydrogen-bond acceptors (Lipinski definition) is 10. The number of esters is 1. The fourth-order valence-electron chi connectivity index (χ4n) is 2.13. The number of carbonyl (C=O) groups is 1. The molecular weight excluding hydrogens is 316 g/mol. The van der Waals surface area contributed by atoms with E-state index in [1.165, 1.54) is 0 Å². The third-order valence-corrected chi connectivity index (χ3v) is 3.39. The molecule has 0 unspecified atom stereocenters. The van der Waals surface area contributed by atoms with E-state index in [-0.39, 0.29) is 5.56 Å².